The lowest BCUT2D eigenvalue weighted by Gasteiger charge is -2.07. The van der Waals surface area contributed by atoms with Gasteiger partial charge in [-0.3, -0.25) is 14.8 Å². The van der Waals surface area contributed by atoms with Gasteiger partial charge in [-0.1, -0.05) is 6.07 Å². The fraction of sp³-hybridized carbons (Fsp3) is 0.0667. The summed E-state index contributed by atoms with van der Waals surface area (Å²) >= 11 is 0. The van der Waals surface area contributed by atoms with Crippen LogP contribution in [0.2, 0.25) is 0 Å². The van der Waals surface area contributed by atoms with Crippen LogP contribution in [0.15, 0.2) is 42.5 Å². The molecule has 7 heteroatoms. The second-order valence-corrected chi connectivity index (χ2v) is 4.44. The first-order chi connectivity index (χ1) is 10.5. The SMILES string of the molecule is O=C(NO)c1ccc(C(=O)NCc2ccc(F)cc2F)cc1. The van der Waals surface area contributed by atoms with E-state index in [2.05, 4.69) is 5.32 Å². The summed E-state index contributed by atoms with van der Waals surface area (Å²) in [5, 5.41) is 11.0. The van der Waals surface area contributed by atoms with Crippen molar-refractivity contribution in [1.29, 1.82) is 0 Å². The van der Waals surface area contributed by atoms with Crippen LogP contribution in [0.25, 0.3) is 0 Å². The highest BCUT2D eigenvalue weighted by atomic mass is 19.1. The van der Waals surface area contributed by atoms with Crippen LogP contribution in [0, 0.1) is 11.6 Å². The minimum Gasteiger partial charge on any atom is -0.348 e. The molecule has 0 heterocycles. The van der Waals surface area contributed by atoms with E-state index >= 15 is 0 Å². The monoisotopic (exact) mass is 306 g/mol. The number of benzene rings is 2. The lowest BCUT2D eigenvalue weighted by Crippen LogP contribution is -2.24. The van der Waals surface area contributed by atoms with Gasteiger partial charge in [0.1, 0.15) is 11.6 Å². The average molecular weight is 306 g/mol. The zero-order chi connectivity index (χ0) is 16.1. The number of amides is 2. The van der Waals surface area contributed by atoms with Crippen molar-refractivity contribution >= 4 is 11.8 Å². The fourth-order valence-corrected chi connectivity index (χ4v) is 1.78. The lowest BCUT2D eigenvalue weighted by atomic mass is 10.1. The van der Waals surface area contributed by atoms with E-state index in [9.17, 15) is 18.4 Å². The Bertz CT molecular complexity index is 702. The predicted octanol–water partition coefficient (Wildman–Crippen LogP) is 2.01. The van der Waals surface area contributed by atoms with Gasteiger partial charge in [0.05, 0.1) is 0 Å². The second-order valence-electron chi connectivity index (χ2n) is 4.44. The number of nitrogens with one attached hydrogen (secondary N) is 2. The van der Waals surface area contributed by atoms with Crippen molar-refractivity contribution in [3.63, 3.8) is 0 Å². The van der Waals surface area contributed by atoms with Crippen LogP contribution < -0.4 is 10.8 Å². The normalized spacial score (nSPS) is 10.1. The van der Waals surface area contributed by atoms with Gasteiger partial charge in [0.15, 0.2) is 0 Å². The molecule has 0 spiro atoms. The molecule has 114 valence electrons. The molecule has 0 radical (unpaired) electrons. The molecule has 3 N–H and O–H groups in total. The zero-order valence-electron chi connectivity index (χ0n) is 11.3. The molecule has 2 amide bonds. The number of hydroxylamine groups is 1. The van der Waals surface area contributed by atoms with Crippen LogP contribution in [0.1, 0.15) is 26.3 Å². The van der Waals surface area contributed by atoms with Crippen molar-refractivity contribution < 1.29 is 23.6 Å². The molecule has 22 heavy (non-hydrogen) atoms. The molecular formula is C15H12F2N2O3. The molecule has 0 aliphatic rings. The van der Waals surface area contributed by atoms with E-state index in [1.54, 1.807) is 0 Å². The Labute approximate surface area is 124 Å². The van der Waals surface area contributed by atoms with Crippen molar-refractivity contribution in [2.75, 3.05) is 0 Å². The summed E-state index contributed by atoms with van der Waals surface area (Å²) in [5.41, 5.74) is 2.08. The first-order valence-corrected chi connectivity index (χ1v) is 6.28. The number of hydrogen-bond acceptors (Lipinski definition) is 3. The smallest absolute Gasteiger partial charge is 0.274 e. The minimum atomic E-state index is -0.740. The molecule has 0 aliphatic heterocycles. The maximum absolute atomic E-state index is 13.4. The fourth-order valence-electron chi connectivity index (χ4n) is 1.78. The summed E-state index contributed by atoms with van der Waals surface area (Å²) in [6, 6.07) is 8.59. The third-order valence-corrected chi connectivity index (χ3v) is 2.97. The molecule has 0 aromatic heterocycles. The molecule has 0 aliphatic carbocycles. The number of carbonyl (C=O) groups excluding carboxylic acids is 2. The number of hydrogen-bond donors (Lipinski definition) is 3. The summed E-state index contributed by atoms with van der Waals surface area (Å²) in [7, 11) is 0. The molecule has 2 rings (SSSR count). The van der Waals surface area contributed by atoms with Gasteiger partial charge in [-0.25, -0.2) is 14.3 Å². The zero-order valence-corrected chi connectivity index (χ0v) is 11.3. The van der Waals surface area contributed by atoms with Gasteiger partial charge in [-0.05, 0) is 30.3 Å². The first-order valence-electron chi connectivity index (χ1n) is 6.28. The molecule has 0 saturated heterocycles. The first kappa shape index (κ1) is 15.6. The van der Waals surface area contributed by atoms with E-state index in [4.69, 9.17) is 5.21 Å². The van der Waals surface area contributed by atoms with Crippen LogP contribution in [0.5, 0.6) is 0 Å². The predicted molar refractivity (Wildman–Crippen MR) is 73.2 cm³/mol. The van der Waals surface area contributed by atoms with E-state index in [-0.39, 0.29) is 23.2 Å². The summed E-state index contributed by atoms with van der Waals surface area (Å²) in [6.45, 7) is -0.0934. The topological polar surface area (TPSA) is 78.4 Å². The average Bonchev–Trinajstić information content (AvgIpc) is 2.53. The van der Waals surface area contributed by atoms with Crippen molar-refractivity contribution in [3.05, 3.63) is 70.8 Å². The van der Waals surface area contributed by atoms with Crippen molar-refractivity contribution in [2.45, 2.75) is 6.54 Å². The van der Waals surface area contributed by atoms with Gasteiger partial charge in [-0.2, -0.15) is 0 Å². The van der Waals surface area contributed by atoms with Crippen LogP contribution in [0.4, 0.5) is 8.78 Å². The third kappa shape index (κ3) is 3.64. The summed E-state index contributed by atoms with van der Waals surface area (Å²) in [4.78, 5) is 23.0. The standard InChI is InChI=1S/C15H12F2N2O3/c16-12-6-5-11(13(17)7-12)8-18-14(20)9-1-3-10(4-2-9)15(21)19-22/h1-7,22H,8H2,(H,18,20)(H,19,21). The Morgan fingerprint density at radius 1 is 0.955 bits per heavy atom. The van der Waals surface area contributed by atoms with E-state index in [0.717, 1.165) is 12.1 Å². The van der Waals surface area contributed by atoms with Gasteiger partial charge >= 0.3 is 0 Å². The van der Waals surface area contributed by atoms with E-state index < -0.39 is 23.4 Å². The lowest BCUT2D eigenvalue weighted by molar-refractivity contribution is 0.0706. The number of rotatable bonds is 4. The summed E-state index contributed by atoms with van der Waals surface area (Å²) in [5.74, 6) is -2.60. The van der Waals surface area contributed by atoms with Gasteiger partial charge in [0.25, 0.3) is 11.8 Å². The van der Waals surface area contributed by atoms with Crippen LogP contribution in [-0.4, -0.2) is 17.0 Å². The van der Waals surface area contributed by atoms with E-state index in [0.29, 0.717) is 0 Å². The molecule has 2 aromatic carbocycles. The van der Waals surface area contributed by atoms with E-state index in [1.165, 1.54) is 35.8 Å². The van der Waals surface area contributed by atoms with Crippen LogP contribution in [0.3, 0.4) is 0 Å². The van der Waals surface area contributed by atoms with Crippen LogP contribution >= 0.6 is 0 Å². The Balaban J connectivity index is 2.01. The van der Waals surface area contributed by atoms with Gasteiger partial charge in [0, 0.05) is 29.3 Å². The van der Waals surface area contributed by atoms with E-state index in [1.807, 2.05) is 0 Å². The molecule has 2 aromatic rings. The minimum absolute atomic E-state index is 0.0934. The van der Waals surface area contributed by atoms with Gasteiger partial charge in [-0.15, -0.1) is 0 Å². The largest absolute Gasteiger partial charge is 0.348 e. The third-order valence-electron chi connectivity index (χ3n) is 2.97. The highest BCUT2D eigenvalue weighted by Crippen LogP contribution is 2.10. The Kier molecular flexibility index (Phi) is 4.80. The Morgan fingerprint density at radius 2 is 1.55 bits per heavy atom. The molecule has 0 saturated carbocycles. The molecule has 0 atom stereocenters. The molecule has 0 unspecified atom stereocenters. The van der Waals surface area contributed by atoms with Crippen molar-refractivity contribution in [1.82, 2.24) is 10.8 Å². The summed E-state index contributed by atoms with van der Waals surface area (Å²) < 4.78 is 26.2. The van der Waals surface area contributed by atoms with Crippen LogP contribution in [-0.2, 0) is 6.54 Å². The molecule has 0 bridgehead atoms. The maximum atomic E-state index is 13.4. The Hall–Kier alpha value is -2.80. The number of halogens is 2. The quantitative estimate of drug-likeness (QED) is 0.597. The van der Waals surface area contributed by atoms with Crippen molar-refractivity contribution in [2.24, 2.45) is 0 Å². The summed E-state index contributed by atoms with van der Waals surface area (Å²) in [6.07, 6.45) is 0. The molecule has 5 nitrogen and oxygen atoms in total. The molecular weight excluding hydrogens is 294 g/mol. The van der Waals surface area contributed by atoms with Gasteiger partial charge in [0.2, 0.25) is 0 Å². The number of carbonyl (C=O) groups is 2. The Morgan fingerprint density at radius 3 is 2.09 bits per heavy atom. The molecule has 0 fully saturated rings. The highest BCUT2D eigenvalue weighted by molar-refractivity contribution is 5.97. The highest BCUT2D eigenvalue weighted by Gasteiger charge is 2.10. The second kappa shape index (κ2) is 6.77. The van der Waals surface area contributed by atoms with Crippen molar-refractivity contribution in [3.8, 4) is 0 Å². The maximum Gasteiger partial charge on any atom is 0.274 e. The van der Waals surface area contributed by atoms with Gasteiger partial charge < -0.3 is 5.32 Å².